The van der Waals surface area contributed by atoms with Crippen molar-refractivity contribution >= 4 is 0 Å². The molecule has 2 aromatic carbocycles. The van der Waals surface area contributed by atoms with Gasteiger partial charge in [-0.1, -0.05) is 5.56 Å². The molecule has 0 saturated carbocycles. The molecule has 2 aromatic rings. The van der Waals surface area contributed by atoms with Gasteiger partial charge in [0.2, 0.25) is 0 Å². The van der Waals surface area contributed by atoms with Gasteiger partial charge < -0.3 is 5.11 Å². The second-order valence-corrected chi connectivity index (χ2v) is 3.94. The van der Waals surface area contributed by atoms with Crippen LogP contribution in [0.5, 0.6) is 0 Å². The van der Waals surface area contributed by atoms with E-state index in [4.69, 9.17) is 0 Å². The first-order valence-electron chi connectivity index (χ1n) is 5.22. The van der Waals surface area contributed by atoms with Gasteiger partial charge in [0.1, 0.15) is 0 Å². The van der Waals surface area contributed by atoms with Crippen molar-refractivity contribution in [3.05, 3.63) is 60.2 Å². The van der Waals surface area contributed by atoms with E-state index in [0.717, 1.165) is 5.56 Å². The topological polar surface area (TPSA) is 20.2 Å². The van der Waals surface area contributed by atoms with E-state index < -0.39 is 5.60 Å². The average molecular weight is 268 g/mol. The molecule has 0 atom stereocenters. The fraction of sp³-hybridized carbons (Fsp3) is 0.200. The smallest absolute Gasteiger partial charge is 0.388 e. The van der Waals surface area contributed by atoms with Crippen LogP contribution in [0.4, 0.5) is 0 Å². The monoisotopic (exact) mass is 268 g/mol. The van der Waals surface area contributed by atoms with Crippen molar-refractivity contribution in [3.63, 3.8) is 0 Å². The molecule has 0 fully saturated rings. The molecule has 0 spiro atoms. The Morgan fingerprint density at radius 2 is 1.59 bits per heavy atom. The van der Waals surface area contributed by atoms with Gasteiger partial charge in [-0.3, -0.25) is 0 Å². The molecule has 90 valence electrons. The Labute approximate surface area is 114 Å². The molecule has 17 heavy (non-hydrogen) atoms. The van der Waals surface area contributed by atoms with Gasteiger partial charge in [-0.25, -0.2) is 12.1 Å². The van der Waals surface area contributed by atoms with E-state index in [1.54, 1.807) is 13.8 Å². The minimum Gasteiger partial charge on any atom is -0.388 e. The predicted molar refractivity (Wildman–Crippen MR) is 67.2 cm³/mol. The van der Waals surface area contributed by atoms with E-state index in [0.29, 0.717) is 0 Å². The Balaban J connectivity index is 0.000000360. The Bertz CT molecular complexity index is 404. The molecule has 0 aliphatic rings. The molecule has 2 heteroatoms. The van der Waals surface area contributed by atoms with Crippen molar-refractivity contribution in [2.75, 3.05) is 0 Å². The van der Waals surface area contributed by atoms with Gasteiger partial charge in [0, 0.05) is 0 Å². The summed E-state index contributed by atoms with van der Waals surface area (Å²) < 4.78 is 0. The fourth-order valence-electron chi connectivity index (χ4n) is 1.00. The molecule has 0 radical (unpaired) electrons. The van der Waals surface area contributed by atoms with Crippen LogP contribution in [0.15, 0.2) is 54.6 Å². The molecule has 0 amide bonds. The number of hydrogen-bond acceptors (Lipinski definition) is 1. The molecule has 0 aliphatic heterocycles. The first-order valence-corrected chi connectivity index (χ1v) is 5.22. The Hall–Kier alpha value is -1.26. The molecule has 0 bridgehead atoms. The van der Waals surface area contributed by atoms with Crippen molar-refractivity contribution in [2.45, 2.75) is 19.4 Å². The largest absolute Gasteiger partial charge is 2.00 e. The minimum absolute atomic E-state index is 0. The molecule has 0 aliphatic carbocycles. The number of hydrogen-bond donors (Lipinski definition) is 1. The van der Waals surface area contributed by atoms with Crippen LogP contribution in [0, 0.1) is 11.8 Å². The summed E-state index contributed by atoms with van der Waals surface area (Å²) in [5, 5.41) is 9.24. The van der Waals surface area contributed by atoms with Gasteiger partial charge in [-0.05, 0) is 13.8 Å². The summed E-state index contributed by atoms with van der Waals surface area (Å²) in [6.45, 7) is 3.34. The van der Waals surface area contributed by atoms with Crippen LogP contribution in [0.25, 0.3) is 0 Å². The molecular weight excluding hydrogens is 252 g/mol. The van der Waals surface area contributed by atoms with Gasteiger partial charge in [-0.2, -0.15) is 42.2 Å². The molecule has 1 nitrogen and oxygen atoms in total. The number of aliphatic hydroxyl groups is 1. The van der Waals surface area contributed by atoms with Gasteiger partial charge in [-0.15, -0.1) is 12.1 Å². The maximum Gasteiger partial charge on any atom is 2.00 e. The average Bonchev–Trinajstić information content (AvgIpc) is 2.90. The van der Waals surface area contributed by atoms with Crippen LogP contribution < -0.4 is 0 Å². The second kappa shape index (κ2) is 7.92. The standard InChI is InChI=1S/C10H11O.C5H5.Fe/c1-10(2,11)8-7-9-5-3-4-6-9;1-2-4-5-3-1;/h3-6,11H,1-2H3;1-5H;/q2*-1;+2. The van der Waals surface area contributed by atoms with Crippen LogP contribution in [-0.2, 0) is 17.1 Å². The first-order chi connectivity index (χ1) is 7.58. The third kappa shape index (κ3) is 8.54. The van der Waals surface area contributed by atoms with Crippen molar-refractivity contribution < 1.29 is 22.2 Å². The van der Waals surface area contributed by atoms with Gasteiger partial charge in [0.05, 0.1) is 5.60 Å². The minimum atomic E-state index is -0.892. The second-order valence-electron chi connectivity index (χ2n) is 3.94. The number of rotatable bonds is 0. The van der Waals surface area contributed by atoms with Crippen molar-refractivity contribution in [2.24, 2.45) is 0 Å². The van der Waals surface area contributed by atoms with Crippen LogP contribution in [0.1, 0.15) is 19.4 Å². The maximum atomic E-state index is 9.24. The first kappa shape index (κ1) is 15.7. The Morgan fingerprint density at radius 3 is 1.94 bits per heavy atom. The molecule has 0 heterocycles. The van der Waals surface area contributed by atoms with Gasteiger partial charge in [0.25, 0.3) is 0 Å². The van der Waals surface area contributed by atoms with E-state index in [-0.39, 0.29) is 17.1 Å². The molecule has 0 unspecified atom stereocenters. The Morgan fingerprint density at radius 1 is 1.06 bits per heavy atom. The normalized spacial score (nSPS) is 9.12. The van der Waals surface area contributed by atoms with Crippen molar-refractivity contribution in [3.8, 4) is 11.8 Å². The Kier molecular flexibility index (Phi) is 7.34. The van der Waals surface area contributed by atoms with E-state index in [9.17, 15) is 5.11 Å². The third-order valence-electron chi connectivity index (χ3n) is 1.73. The molecule has 0 saturated heterocycles. The van der Waals surface area contributed by atoms with Crippen LogP contribution >= 0.6 is 0 Å². The predicted octanol–water partition coefficient (Wildman–Crippen LogP) is 2.93. The molecule has 1 N–H and O–H groups in total. The summed E-state index contributed by atoms with van der Waals surface area (Å²) in [6.07, 6.45) is 0. The molecule has 2 rings (SSSR count). The van der Waals surface area contributed by atoms with E-state index >= 15 is 0 Å². The summed E-state index contributed by atoms with van der Waals surface area (Å²) in [5.41, 5.74) is 0.0594. The third-order valence-corrected chi connectivity index (χ3v) is 1.73. The summed E-state index contributed by atoms with van der Waals surface area (Å²) in [7, 11) is 0. The SMILES string of the molecule is CC(C)(O)C#C[c-]1cccc1.[Fe+2].c1cc[cH-]c1. The van der Waals surface area contributed by atoms with Crippen molar-refractivity contribution in [1.82, 2.24) is 0 Å². The van der Waals surface area contributed by atoms with E-state index in [1.165, 1.54) is 0 Å². The molecular formula is C15H16FeO. The molecule has 0 aromatic heterocycles. The van der Waals surface area contributed by atoms with Crippen molar-refractivity contribution in [1.29, 1.82) is 0 Å². The maximum absolute atomic E-state index is 9.24. The quantitative estimate of drug-likeness (QED) is 0.442. The van der Waals surface area contributed by atoms with Crippen LogP contribution in [0.2, 0.25) is 0 Å². The van der Waals surface area contributed by atoms with Gasteiger partial charge in [0.15, 0.2) is 0 Å². The zero-order chi connectivity index (χ0) is 11.9. The summed E-state index contributed by atoms with van der Waals surface area (Å²) in [6, 6.07) is 17.7. The summed E-state index contributed by atoms with van der Waals surface area (Å²) in [5.74, 6) is 5.59. The van der Waals surface area contributed by atoms with Crippen LogP contribution in [0.3, 0.4) is 0 Å². The van der Waals surface area contributed by atoms with E-state index in [2.05, 4.69) is 11.8 Å². The van der Waals surface area contributed by atoms with Crippen LogP contribution in [-0.4, -0.2) is 10.7 Å². The zero-order valence-corrected chi connectivity index (χ0v) is 11.1. The zero-order valence-electron chi connectivity index (χ0n) is 10.00. The fourth-order valence-corrected chi connectivity index (χ4v) is 1.00. The van der Waals surface area contributed by atoms with E-state index in [1.807, 2.05) is 54.6 Å². The van der Waals surface area contributed by atoms with Gasteiger partial charge >= 0.3 is 17.1 Å². The summed E-state index contributed by atoms with van der Waals surface area (Å²) >= 11 is 0. The summed E-state index contributed by atoms with van der Waals surface area (Å²) in [4.78, 5) is 0.